The van der Waals surface area contributed by atoms with E-state index in [0.29, 0.717) is 23.9 Å². The highest BCUT2D eigenvalue weighted by molar-refractivity contribution is 5.97. The van der Waals surface area contributed by atoms with Crippen molar-refractivity contribution in [3.63, 3.8) is 0 Å². The lowest BCUT2D eigenvalue weighted by Crippen LogP contribution is -2.28. The predicted molar refractivity (Wildman–Crippen MR) is 140 cm³/mol. The van der Waals surface area contributed by atoms with Crippen LogP contribution in [0.25, 0.3) is 22.2 Å². The van der Waals surface area contributed by atoms with Crippen molar-refractivity contribution in [2.45, 2.75) is 84.7 Å². The first-order chi connectivity index (χ1) is 17.2. The maximum absolute atomic E-state index is 11.7. The van der Waals surface area contributed by atoms with Gasteiger partial charge < -0.3 is 19.0 Å². The van der Waals surface area contributed by atoms with Crippen LogP contribution in [0.5, 0.6) is 11.6 Å². The number of methoxy groups -OCH3 is 1. The van der Waals surface area contributed by atoms with Crippen LogP contribution in [0.4, 0.5) is 0 Å². The van der Waals surface area contributed by atoms with E-state index in [0.717, 1.165) is 53.7 Å². The standard InChI is InChI=1S/C29H38N2O5/c1-18(9-8-12-22(28(32)33)29(2,3)4)35-26-24-23(19-13-15-21(34-5)16-14-19)25(20-10-6-7-11-20)36-27(24)31-17-30-26/h13-18,20,22H,6-12H2,1-5H3,(H,32,33)/t18-,22?/m1/s1. The Kier molecular flexibility index (Phi) is 7.86. The number of hydrogen-bond donors (Lipinski definition) is 1. The number of aliphatic carboxylic acids is 1. The van der Waals surface area contributed by atoms with Crippen LogP contribution >= 0.6 is 0 Å². The minimum Gasteiger partial charge on any atom is -0.497 e. The number of nitrogens with zero attached hydrogens (tertiary/aromatic N) is 2. The molecule has 0 amide bonds. The van der Waals surface area contributed by atoms with Gasteiger partial charge in [-0.15, -0.1) is 0 Å². The lowest BCUT2D eigenvalue weighted by molar-refractivity contribution is -0.145. The molecule has 1 unspecified atom stereocenters. The SMILES string of the molecule is COc1ccc(-c2c(C3CCCC3)oc3ncnc(O[C@H](C)CCCC(C(=O)O)C(C)(C)C)c23)cc1. The summed E-state index contributed by atoms with van der Waals surface area (Å²) in [5.41, 5.74) is 2.29. The Bertz CT molecular complexity index is 1170. The van der Waals surface area contributed by atoms with E-state index in [4.69, 9.17) is 13.9 Å². The lowest BCUT2D eigenvalue weighted by Gasteiger charge is -2.27. The molecule has 1 aliphatic carbocycles. The van der Waals surface area contributed by atoms with Crippen molar-refractivity contribution in [1.82, 2.24) is 9.97 Å². The van der Waals surface area contributed by atoms with Crippen molar-refractivity contribution in [2.75, 3.05) is 7.11 Å². The fraction of sp³-hybridized carbons (Fsp3) is 0.552. The second-order valence-corrected chi connectivity index (χ2v) is 11.0. The molecule has 0 saturated heterocycles. The first kappa shape index (κ1) is 26.0. The Morgan fingerprint density at radius 1 is 1.14 bits per heavy atom. The molecule has 1 N–H and O–H groups in total. The molecule has 4 rings (SSSR count). The Morgan fingerprint density at radius 3 is 2.44 bits per heavy atom. The number of ether oxygens (including phenoxy) is 2. The molecule has 0 radical (unpaired) electrons. The van der Waals surface area contributed by atoms with Crippen LogP contribution in [0.2, 0.25) is 0 Å². The number of carboxylic acids is 1. The van der Waals surface area contributed by atoms with Crippen molar-refractivity contribution >= 4 is 17.1 Å². The van der Waals surface area contributed by atoms with Gasteiger partial charge in [-0.2, -0.15) is 0 Å². The Balaban J connectivity index is 1.61. The minimum absolute atomic E-state index is 0.133. The fourth-order valence-electron chi connectivity index (χ4n) is 5.32. The molecule has 0 aliphatic heterocycles. The molecular weight excluding hydrogens is 456 g/mol. The highest BCUT2D eigenvalue weighted by Crippen LogP contribution is 2.46. The monoisotopic (exact) mass is 494 g/mol. The van der Waals surface area contributed by atoms with E-state index in [1.807, 2.05) is 52.0 Å². The van der Waals surface area contributed by atoms with Crippen LogP contribution in [0.1, 0.15) is 84.3 Å². The number of rotatable bonds is 10. The van der Waals surface area contributed by atoms with Gasteiger partial charge in [-0.25, -0.2) is 9.97 Å². The second-order valence-electron chi connectivity index (χ2n) is 11.0. The first-order valence-electron chi connectivity index (χ1n) is 13.0. The van der Waals surface area contributed by atoms with Crippen molar-refractivity contribution in [1.29, 1.82) is 0 Å². The van der Waals surface area contributed by atoms with Crippen LogP contribution in [0.3, 0.4) is 0 Å². The van der Waals surface area contributed by atoms with Crippen LogP contribution in [-0.2, 0) is 4.79 Å². The summed E-state index contributed by atoms with van der Waals surface area (Å²) in [7, 11) is 1.66. The quantitative estimate of drug-likeness (QED) is 0.317. The number of furan rings is 1. The molecule has 3 aromatic rings. The fourth-order valence-corrected chi connectivity index (χ4v) is 5.32. The maximum atomic E-state index is 11.7. The zero-order chi connectivity index (χ0) is 25.9. The van der Waals surface area contributed by atoms with E-state index < -0.39 is 5.97 Å². The van der Waals surface area contributed by atoms with Crippen LogP contribution in [-0.4, -0.2) is 34.3 Å². The van der Waals surface area contributed by atoms with Gasteiger partial charge in [-0.05, 0) is 62.1 Å². The zero-order valence-corrected chi connectivity index (χ0v) is 22.0. The van der Waals surface area contributed by atoms with Crippen LogP contribution < -0.4 is 9.47 Å². The average molecular weight is 495 g/mol. The molecule has 2 atom stereocenters. The van der Waals surface area contributed by atoms with Gasteiger partial charge in [0, 0.05) is 11.5 Å². The van der Waals surface area contributed by atoms with Gasteiger partial charge in [0.1, 0.15) is 23.2 Å². The van der Waals surface area contributed by atoms with Crippen LogP contribution in [0, 0.1) is 11.3 Å². The highest BCUT2D eigenvalue weighted by Gasteiger charge is 2.31. The molecule has 2 heterocycles. The maximum Gasteiger partial charge on any atom is 0.307 e. The molecule has 2 aromatic heterocycles. The lowest BCUT2D eigenvalue weighted by atomic mass is 9.78. The predicted octanol–water partition coefficient (Wildman–Crippen LogP) is 7.24. The molecule has 36 heavy (non-hydrogen) atoms. The largest absolute Gasteiger partial charge is 0.497 e. The molecule has 0 bridgehead atoms. The van der Waals surface area contributed by atoms with Crippen molar-refractivity contribution in [3.05, 3.63) is 36.4 Å². The average Bonchev–Trinajstić information content (AvgIpc) is 3.49. The number of carbonyl (C=O) groups is 1. The molecule has 194 valence electrons. The van der Waals surface area contributed by atoms with E-state index in [9.17, 15) is 9.90 Å². The van der Waals surface area contributed by atoms with E-state index in [-0.39, 0.29) is 17.4 Å². The van der Waals surface area contributed by atoms with Gasteiger partial charge in [0.05, 0.1) is 19.1 Å². The minimum atomic E-state index is -0.740. The highest BCUT2D eigenvalue weighted by atomic mass is 16.5. The summed E-state index contributed by atoms with van der Waals surface area (Å²) >= 11 is 0. The molecule has 7 nitrogen and oxygen atoms in total. The van der Waals surface area contributed by atoms with Crippen molar-refractivity contribution in [3.8, 4) is 22.8 Å². The zero-order valence-electron chi connectivity index (χ0n) is 22.0. The smallest absolute Gasteiger partial charge is 0.307 e. The molecule has 1 saturated carbocycles. The van der Waals surface area contributed by atoms with Crippen molar-refractivity contribution in [2.24, 2.45) is 11.3 Å². The summed E-state index contributed by atoms with van der Waals surface area (Å²) in [5.74, 6) is 1.49. The molecular formula is C29H38N2O5. The van der Waals surface area contributed by atoms with Crippen molar-refractivity contribution < 1.29 is 23.8 Å². The number of fused-ring (bicyclic) bond motifs is 1. The molecule has 1 aromatic carbocycles. The number of aromatic nitrogens is 2. The Labute approximate surface area is 213 Å². The summed E-state index contributed by atoms with van der Waals surface area (Å²) in [6, 6.07) is 7.99. The van der Waals surface area contributed by atoms with Gasteiger partial charge in [0.25, 0.3) is 0 Å². The van der Waals surface area contributed by atoms with Gasteiger partial charge in [0.2, 0.25) is 11.6 Å². The summed E-state index contributed by atoms with van der Waals surface area (Å²) in [5, 5.41) is 10.4. The van der Waals surface area contributed by atoms with E-state index >= 15 is 0 Å². The Hall–Kier alpha value is -3.09. The number of hydrogen-bond acceptors (Lipinski definition) is 6. The third-order valence-corrected chi connectivity index (χ3v) is 7.35. The topological polar surface area (TPSA) is 94.7 Å². The number of carboxylic acid groups (broad SMARTS) is 1. The second kappa shape index (κ2) is 10.9. The van der Waals surface area contributed by atoms with Gasteiger partial charge in [0.15, 0.2) is 0 Å². The normalized spacial score (nSPS) is 16.2. The van der Waals surface area contributed by atoms with E-state index in [1.165, 1.54) is 19.2 Å². The molecule has 7 heteroatoms. The van der Waals surface area contributed by atoms with Gasteiger partial charge in [-0.1, -0.05) is 45.7 Å². The van der Waals surface area contributed by atoms with Crippen LogP contribution in [0.15, 0.2) is 35.0 Å². The van der Waals surface area contributed by atoms with Gasteiger partial charge >= 0.3 is 5.97 Å². The summed E-state index contributed by atoms with van der Waals surface area (Å²) in [6.07, 6.45) is 8.05. The van der Waals surface area contributed by atoms with Gasteiger partial charge in [-0.3, -0.25) is 4.79 Å². The summed E-state index contributed by atoms with van der Waals surface area (Å²) in [4.78, 5) is 20.7. The first-order valence-corrected chi connectivity index (χ1v) is 13.0. The van der Waals surface area contributed by atoms with E-state index in [1.54, 1.807) is 7.11 Å². The third-order valence-electron chi connectivity index (χ3n) is 7.35. The molecule has 1 aliphatic rings. The summed E-state index contributed by atoms with van der Waals surface area (Å²) < 4.78 is 18.1. The Morgan fingerprint density at radius 2 is 1.83 bits per heavy atom. The molecule has 1 fully saturated rings. The number of benzene rings is 1. The molecule has 0 spiro atoms. The summed E-state index contributed by atoms with van der Waals surface area (Å²) in [6.45, 7) is 7.94. The third kappa shape index (κ3) is 5.66. The van der Waals surface area contributed by atoms with E-state index in [2.05, 4.69) is 9.97 Å².